The number of hydrogen-bond donors (Lipinski definition) is 0. The maximum absolute atomic E-state index is 13.4. The van der Waals surface area contributed by atoms with E-state index in [4.69, 9.17) is 0 Å². The van der Waals surface area contributed by atoms with Gasteiger partial charge in [0.15, 0.2) is 11.6 Å². The van der Waals surface area contributed by atoms with Crippen LogP contribution < -0.4 is 0 Å². The summed E-state index contributed by atoms with van der Waals surface area (Å²) >= 11 is 0. The fraction of sp³-hybridized carbons (Fsp3) is 0.364. The van der Waals surface area contributed by atoms with Gasteiger partial charge in [-0.25, -0.2) is 8.78 Å². The summed E-state index contributed by atoms with van der Waals surface area (Å²) in [6.07, 6.45) is 0.831. The molecule has 0 heterocycles. The molecule has 0 spiro atoms. The Hall–Kier alpha value is -2.36. The highest BCUT2D eigenvalue weighted by atomic mass is 19.2. The van der Waals surface area contributed by atoms with Gasteiger partial charge in [-0.2, -0.15) is 0 Å². The van der Waals surface area contributed by atoms with Crippen molar-refractivity contribution in [3.05, 3.63) is 71.3 Å². The Morgan fingerprint density at radius 2 is 1.54 bits per heavy atom. The molecule has 4 heteroatoms. The zero-order valence-corrected chi connectivity index (χ0v) is 15.3. The fourth-order valence-electron chi connectivity index (χ4n) is 3.31. The van der Waals surface area contributed by atoms with Crippen molar-refractivity contribution in [3.63, 3.8) is 0 Å². The van der Waals surface area contributed by atoms with Crippen molar-refractivity contribution in [2.24, 2.45) is 17.8 Å². The zero-order valence-electron chi connectivity index (χ0n) is 15.3. The van der Waals surface area contributed by atoms with Crippen LogP contribution in [-0.2, 0) is 22.4 Å². The first-order valence-electron chi connectivity index (χ1n) is 8.81. The van der Waals surface area contributed by atoms with Gasteiger partial charge in [-0.1, -0.05) is 50.2 Å². The van der Waals surface area contributed by atoms with Crippen molar-refractivity contribution in [1.29, 1.82) is 0 Å². The van der Waals surface area contributed by atoms with Gasteiger partial charge in [-0.05, 0) is 43.0 Å². The van der Waals surface area contributed by atoms with Gasteiger partial charge in [0.25, 0.3) is 0 Å². The van der Waals surface area contributed by atoms with Gasteiger partial charge in [-0.15, -0.1) is 0 Å². The summed E-state index contributed by atoms with van der Waals surface area (Å²) in [6.45, 7) is 5.05. The maximum Gasteiger partial charge on any atom is 0.159 e. The van der Waals surface area contributed by atoms with E-state index in [9.17, 15) is 18.4 Å². The molecule has 2 nitrogen and oxygen atoms in total. The molecule has 2 aromatic carbocycles. The van der Waals surface area contributed by atoms with Gasteiger partial charge >= 0.3 is 0 Å². The first-order valence-corrected chi connectivity index (χ1v) is 8.81. The third-order valence-corrected chi connectivity index (χ3v) is 4.88. The van der Waals surface area contributed by atoms with Crippen LogP contribution in [0.5, 0.6) is 0 Å². The van der Waals surface area contributed by atoms with Crippen LogP contribution in [0.1, 0.15) is 31.9 Å². The molecule has 2 rings (SSSR count). The average Bonchev–Trinajstić information content (AvgIpc) is 2.62. The topological polar surface area (TPSA) is 34.1 Å². The lowest BCUT2D eigenvalue weighted by atomic mass is 9.78. The Morgan fingerprint density at radius 1 is 0.885 bits per heavy atom. The smallest absolute Gasteiger partial charge is 0.159 e. The quantitative estimate of drug-likeness (QED) is 0.679. The molecular weight excluding hydrogens is 334 g/mol. The van der Waals surface area contributed by atoms with Crippen LogP contribution in [0.2, 0.25) is 0 Å². The molecule has 0 bridgehead atoms. The lowest BCUT2D eigenvalue weighted by Crippen LogP contribution is -2.32. The number of hydrogen-bond acceptors (Lipinski definition) is 2. The number of rotatable bonds is 8. The largest absolute Gasteiger partial charge is 0.300 e. The van der Waals surface area contributed by atoms with E-state index in [0.717, 1.165) is 17.7 Å². The summed E-state index contributed by atoms with van der Waals surface area (Å²) in [5.74, 6) is -3.08. The monoisotopic (exact) mass is 358 g/mol. The second-order valence-electron chi connectivity index (χ2n) is 6.95. The molecule has 2 aromatic rings. The Bertz CT molecular complexity index is 771. The Kier molecular flexibility index (Phi) is 6.78. The number of halogens is 2. The van der Waals surface area contributed by atoms with E-state index >= 15 is 0 Å². The van der Waals surface area contributed by atoms with Crippen molar-refractivity contribution in [1.82, 2.24) is 0 Å². The minimum Gasteiger partial charge on any atom is -0.300 e. The summed E-state index contributed by atoms with van der Waals surface area (Å²) in [6, 6.07) is 13.3. The Morgan fingerprint density at radius 3 is 2.12 bits per heavy atom. The van der Waals surface area contributed by atoms with Crippen LogP contribution in [0.15, 0.2) is 48.5 Å². The SMILES string of the molecule is CC(=O)C(Cc1ccccc1)C(C)C(=O)[C@@H](C)Cc1ccc(F)c(F)c1. The first kappa shape index (κ1) is 20.0. The van der Waals surface area contributed by atoms with Crippen molar-refractivity contribution in [2.45, 2.75) is 33.6 Å². The normalized spacial score (nSPS) is 14.5. The summed E-state index contributed by atoms with van der Waals surface area (Å²) in [4.78, 5) is 24.9. The average molecular weight is 358 g/mol. The van der Waals surface area contributed by atoms with Crippen LogP contribution in [0.3, 0.4) is 0 Å². The molecule has 138 valence electrons. The highest BCUT2D eigenvalue weighted by molar-refractivity contribution is 5.90. The van der Waals surface area contributed by atoms with Gasteiger partial charge in [0, 0.05) is 17.8 Å². The Labute approximate surface area is 153 Å². The molecule has 0 aromatic heterocycles. The lowest BCUT2D eigenvalue weighted by Gasteiger charge is -2.23. The number of carbonyl (C=O) groups excluding carboxylic acids is 2. The van der Waals surface area contributed by atoms with E-state index in [1.54, 1.807) is 13.8 Å². The van der Waals surface area contributed by atoms with Crippen LogP contribution in [0.25, 0.3) is 0 Å². The van der Waals surface area contributed by atoms with E-state index < -0.39 is 23.5 Å². The second kappa shape index (κ2) is 8.84. The molecule has 0 saturated carbocycles. The van der Waals surface area contributed by atoms with Gasteiger partial charge in [-0.3, -0.25) is 9.59 Å². The molecule has 0 saturated heterocycles. The summed E-state index contributed by atoms with van der Waals surface area (Å²) in [5, 5.41) is 0. The van der Waals surface area contributed by atoms with Gasteiger partial charge in [0.1, 0.15) is 11.6 Å². The van der Waals surface area contributed by atoms with Crippen molar-refractivity contribution < 1.29 is 18.4 Å². The minimum absolute atomic E-state index is 0.0188. The van der Waals surface area contributed by atoms with Gasteiger partial charge in [0.2, 0.25) is 0 Å². The Balaban J connectivity index is 2.09. The van der Waals surface area contributed by atoms with Crippen LogP contribution in [0, 0.1) is 29.4 Å². The van der Waals surface area contributed by atoms with E-state index in [0.29, 0.717) is 18.4 Å². The third-order valence-electron chi connectivity index (χ3n) is 4.88. The van der Waals surface area contributed by atoms with Crippen molar-refractivity contribution in [3.8, 4) is 0 Å². The number of ketones is 2. The van der Waals surface area contributed by atoms with Gasteiger partial charge in [0.05, 0.1) is 0 Å². The van der Waals surface area contributed by atoms with E-state index in [-0.39, 0.29) is 17.5 Å². The zero-order chi connectivity index (χ0) is 19.3. The van der Waals surface area contributed by atoms with Crippen LogP contribution in [0.4, 0.5) is 8.78 Å². The fourth-order valence-corrected chi connectivity index (χ4v) is 3.31. The predicted molar refractivity (Wildman–Crippen MR) is 97.7 cm³/mol. The van der Waals surface area contributed by atoms with Crippen molar-refractivity contribution in [2.75, 3.05) is 0 Å². The number of Topliss-reactive ketones (excluding diaryl/α,β-unsaturated/α-hetero) is 2. The minimum atomic E-state index is -0.916. The molecule has 0 radical (unpaired) electrons. The molecule has 2 unspecified atom stereocenters. The summed E-state index contributed by atoms with van der Waals surface area (Å²) in [5.41, 5.74) is 1.58. The molecule has 0 N–H and O–H groups in total. The third kappa shape index (κ3) is 5.07. The number of benzene rings is 2. The molecule has 0 aliphatic heterocycles. The highest BCUT2D eigenvalue weighted by Crippen LogP contribution is 2.24. The number of carbonyl (C=O) groups is 2. The summed E-state index contributed by atoms with van der Waals surface area (Å²) < 4.78 is 26.4. The maximum atomic E-state index is 13.4. The van der Waals surface area contributed by atoms with Crippen LogP contribution >= 0.6 is 0 Å². The van der Waals surface area contributed by atoms with E-state index in [2.05, 4.69) is 0 Å². The molecule has 0 amide bonds. The van der Waals surface area contributed by atoms with Gasteiger partial charge < -0.3 is 0 Å². The second-order valence-corrected chi connectivity index (χ2v) is 6.95. The first-order chi connectivity index (χ1) is 12.3. The molecule has 26 heavy (non-hydrogen) atoms. The standard InChI is InChI=1S/C22H24F2O2/c1-14(11-18-9-10-20(23)21(24)13-18)22(26)15(2)19(16(3)25)12-17-7-5-4-6-8-17/h4-10,13-15,19H,11-12H2,1-3H3/t14-,15?,19?/m0/s1. The predicted octanol–water partition coefficient (Wildman–Crippen LogP) is 4.80. The lowest BCUT2D eigenvalue weighted by molar-refractivity contribution is -0.133. The molecule has 0 aliphatic carbocycles. The summed E-state index contributed by atoms with van der Waals surface area (Å²) in [7, 11) is 0. The van der Waals surface area contributed by atoms with Crippen LogP contribution in [-0.4, -0.2) is 11.6 Å². The van der Waals surface area contributed by atoms with Crippen molar-refractivity contribution >= 4 is 11.6 Å². The van der Waals surface area contributed by atoms with E-state index in [1.165, 1.54) is 13.0 Å². The molecule has 0 fully saturated rings. The van der Waals surface area contributed by atoms with E-state index in [1.807, 2.05) is 30.3 Å². The molecule has 3 atom stereocenters. The molecular formula is C22H24F2O2. The highest BCUT2D eigenvalue weighted by Gasteiger charge is 2.30. The molecule has 0 aliphatic rings.